The second-order valence-electron chi connectivity index (χ2n) is 16.2. The molecule has 2 aliphatic rings. The molecule has 6 aromatic rings. The fourth-order valence-electron chi connectivity index (χ4n) is 8.13. The number of nitrogens with zero attached hydrogens (tertiary/aromatic N) is 6. The van der Waals surface area contributed by atoms with E-state index in [0.717, 1.165) is 50.5 Å². The van der Waals surface area contributed by atoms with Gasteiger partial charge in [-0.15, -0.1) is 0 Å². The number of para-hydroxylation sites is 6. The van der Waals surface area contributed by atoms with Gasteiger partial charge in [-0.3, -0.25) is 19.4 Å². The zero-order valence-corrected chi connectivity index (χ0v) is 34.5. The molecule has 0 spiro atoms. The van der Waals surface area contributed by atoms with Gasteiger partial charge >= 0.3 is 0 Å². The minimum Gasteiger partial charge on any atom is -0.276 e. The molecule has 2 aliphatic heterocycles. The van der Waals surface area contributed by atoms with E-state index in [-0.39, 0.29) is 29.2 Å². The maximum absolute atomic E-state index is 14.7. The maximum atomic E-state index is 14.7. The van der Waals surface area contributed by atoms with Gasteiger partial charge in [0.15, 0.2) is 11.6 Å². The van der Waals surface area contributed by atoms with Crippen molar-refractivity contribution in [2.24, 2.45) is 0 Å². The fourth-order valence-corrected chi connectivity index (χ4v) is 8.13. The molecule has 0 unspecified atom stereocenters. The van der Waals surface area contributed by atoms with E-state index in [4.69, 9.17) is 9.97 Å². The third-order valence-corrected chi connectivity index (χ3v) is 11.0. The van der Waals surface area contributed by atoms with Crippen LogP contribution in [0.15, 0.2) is 145 Å². The van der Waals surface area contributed by atoms with E-state index in [1.807, 2.05) is 91.0 Å². The van der Waals surface area contributed by atoms with Crippen LogP contribution in [0.3, 0.4) is 0 Å². The molecule has 292 valence electrons. The minimum absolute atomic E-state index is 0.0459. The predicted octanol–water partition coefficient (Wildman–Crippen LogP) is 12.2. The molecule has 0 saturated carbocycles. The van der Waals surface area contributed by atoms with E-state index in [1.54, 1.807) is 6.08 Å². The molecule has 8 nitrogen and oxygen atoms in total. The van der Waals surface area contributed by atoms with Gasteiger partial charge in [0.25, 0.3) is 11.8 Å². The number of aromatic nitrogens is 2. The largest absolute Gasteiger partial charge is 0.283 e. The number of anilines is 6. The molecule has 8 heteroatoms. The summed E-state index contributed by atoms with van der Waals surface area (Å²) in [5.41, 5.74) is 9.48. The van der Waals surface area contributed by atoms with E-state index in [9.17, 15) is 9.59 Å². The van der Waals surface area contributed by atoms with Crippen LogP contribution < -0.4 is 19.8 Å². The number of carbonyl (C=O) groups is 2. The van der Waals surface area contributed by atoms with E-state index < -0.39 is 11.8 Å². The van der Waals surface area contributed by atoms with E-state index in [1.165, 1.54) is 10.0 Å². The van der Waals surface area contributed by atoms with Crippen LogP contribution in [0.4, 0.5) is 34.4 Å². The average molecular weight is 767 g/mol. The minimum atomic E-state index is -0.414. The zero-order chi connectivity index (χ0) is 40.8. The van der Waals surface area contributed by atoms with Crippen molar-refractivity contribution in [1.29, 1.82) is 0 Å². The smallest absolute Gasteiger partial charge is 0.276 e. The molecular formula is C50H50N6O2. The lowest BCUT2D eigenvalue weighted by Crippen LogP contribution is -2.41. The van der Waals surface area contributed by atoms with Crippen LogP contribution in [-0.4, -0.2) is 21.8 Å². The number of amides is 2. The lowest BCUT2D eigenvalue weighted by Gasteiger charge is -2.32. The molecule has 3 heterocycles. The van der Waals surface area contributed by atoms with Crippen molar-refractivity contribution in [3.63, 3.8) is 0 Å². The van der Waals surface area contributed by atoms with E-state index >= 15 is 0 Å². The van der Waals surface area contributed by atoms with Crippen LogP contribution in [0, 0.1) is 0 Å². The predicted molar refractivity (Wildman–Crippen MR) is 237 cm³/mol. The SMILES string of the molecule is CC(C)c1cccc(C(C)C)c1N1C(=CC=C2C(=O)N(c3ccccc3)N(c3ccccc3)C2=O)N(c2c(C(C)C)cccc2C(C)C)c2nc3ccccc3nc21. The third kappa shape index (κ3) is 6.52. The molecule has 0 atom stereocenters. The second-order valence-corrected chi connectivity index (χ2v) is 16.2. The lowest BCUT2D eigenvalue weighted by molar-refractivity contribution is -0.116. The molecule has 0 aliphatic carbocycles. The number of fused-ring (bicyclic) bond motifs is 2. The van der Waals surface area contributed by atoms with Crippen molar-refractivity contribution < 1.29 is 9.59 Å². The Bertz CT molecular complexity index is 2370. The van der Waals surface area contributed by atoms with Crippen LogP contribution in [-0.2, 0) is 9.59 Å². The summed E-state index contributed by atoms with van der Waals surface area (Å²) < 4.78 is 0. The van der Waals surface area contributed by atoms with Crippen molar-refractivity contribution in [3.05, 3.63) is 167 Å². The van der Waals surface area contributed by atoms with Gasteiger partial charge in [-0.25, -0.2) is 20.0 Å². The number of benzene rings is 5. The van der Waals surface area contributed by atoms with Crippen molar-refractivity contribution in [2.75, 3.05) is 19.8 Å². The van der Waals surface area contributed by atoms with Gasteiger partial charge in [-0.05, 0) is 94.5 Å². The number of rotatable bonds is 9. The van der Waals surface area contributed by atoms with Crippen LogP contribution in [0.5, 0.6) is 0 Å². The summed E-state index contributed by atoms with van der Waals surface area (Å²) in [5, 5.41) is 2.93. The first-order valence-electron chi connectivity index (χ1n) is 20.3. The molecule has 1 saturated heterocycles. The number of hydrogen-bond acceptors (Lipinski definition) is 6. The highest BCUT2D eigenvalue weighted by Crippen LogP contribution is 2.54. The maximum Gasteiger partial charge on any atom is 0.283 e. The molecule has 0 radical (unpaired) electrons. The van der Waals surface area contributed by atoms with Gasteiger partial charge in [-0.1, -0.05) is 140 Å². The molecular weight excluding hydrogens is 717 g/mol. The molecule has 5 aromatic carbocycles. The fraction of sp³-hybridized carbons (Fsp3) is 0.240. The van der Waals surface area contributed by atoms with Crippen LogP contribution in [0.1, 0.15) is 101 Å². The first-order chi connectivity index (χ1) is 28.0. The molecule has 2 amide bonds. The Morgan fingerprint density at radius 2 is 0.776 bits per heavy atom. The Morgan fingerprint density at radius 1 is 0.431 bits per heavy atom. The normalized spacial score (nSPS) is 14.3. The Kier molecular flexibility index (Phi) is 10.2. The molecule has 0 bridgehead atoms. The number of allylic oxidation sites excluding steroid dienone is 2. The summed E-state index contributed by atoms with van der Waals surface area (Å²) in [6.45, 7) is 17.7. The summed E-state index contributed by atoms with van der Waals surface area (Å²) in [5.74, 6) is 1.96. The third-order valence-electron chi connectivity index (χ3n) is 11.0. The standard InChI is InChI=1S/C50H50N6O2/c1-31(2)37-23-17-24-38(32(3)4)45(37)53-44(30-29-41-49(57)55(35-19-11-9-12-20-35)56(50(41)58)36-21-13-10-14-22-36)54(46-39(33(5)6)25-18-26-40(46)34(7)8)48-47(53)51-42-27-15-16-28-43(42)52-48/h9-34H,1-8H3. The Balaban J connectivity index is 1.46. The zero-order valence-electron chi connectivity index (χ0n) is 34.5. The van der Waals surface area contributed by atoms with Crippen molar-refractivity contribution in [1.82, 2.24) is 9.97 Å². The lowest BCUT2D eigenvalue weighted by atomic mass is 9.91. The summed E-state index contributed by atoms with van der Waals surface area (Å²) >= 11 is 0. The quantitative estimate of drug-likeness (QED) is 0.108. The molecule has 58 heavy (non-hydrogen) atoms. The van der Waals surface area contributed by atoms with E-state index in [2.05, 4.69) is 102 Å². The Labute approximate surface area is 341 Å². The molecule has 1 fully saturated rings. The first-order valence-corrected chi connectivity index (χ1v) is 20.3. The van der Waals surface area contributed by atoms with Gasteiger partial charge < -0.3 is 0 Å². The number of hydrogen-bond donors (Lipinski definition) is 0. The van der Waals surface area contributed by atoms with Crippen molar-refractivity contribution >= 4 is 57.2 Å². The van der Waals surface area contributed by atoms with E-state index in [0.29, 0.717) is 23.0 Å². The van der Waals surface area contributed by atoms with Gasteiger partial charge in [0, 0.05) is 0 Å². The van der Waals surface area contributed by atoms with Crippen LogP contribution >= 0.6 is 0 Å². The topological polar surface area (TPSA) is 72.9 Å². The van der Waals surface area contributed by atoms with Crippen LogP contribution in [0.2, 0.25) is 0 Å². The first kappa shape index (κ1) is 38.3. The van der Waals surface area contributed by atoms with Crippen LogP contribution in [0.25, 0.3) is 11.0 Å². The summed E-state index contributed by atoms with van der Waals surface area (Å²) in [6.07, 6.45) is 3.63. The Hall–Kier alpha value is -6.54. The highest BCUT2D eigenvalue weighted by atomic mass is 16.2. The van der Waals surface area contributed by atoms with Crippen molar-refractivity contribution in [2.45, 2.75) is 79.1 Å². The van der Waals surface area contributed by atoms with Gasteiger partial charge in [0.05, 0.1) is 33.8 Å². The van der Waals surface area contributed by atoms with Crippen molar-refractivity contribution in [3.8, 4) is 0 Å². The number of carbonyl (C=O) groups excluding carboxylic acids is 2. The monoisotopic (exact) mass is 766 g/mol. The summed E-state index contributed by atoms with van der Waals surface area (Å²) in [7, 11) is 0. The Morgan fingerprint density at radius 3 is 1.12 bits per heavy atom. The van der Waals surface area contributed by atoms with Gasteiger partial charge in [0.1, 0.15) is 11.4 Å². The molecule has 8 rings (SSSR count). The number of hydrazine groups is 1. The second kappa shape index (κ2) is 15.4. The summed E-state index contributed by atoms with van der Waals surface area (Å²) in [4.78, 5) is 44.6. The highest BCUT2D eigenvalue weighted by molar-refractivity contribution is 6.36. The summed E-state index contributed by atoms with van der Waals surface area (Å²) in [6, 6.07) is 39.7. The highest BCUT2D eigenvalue weighted by Gasteiger charge is 2.44. The molecule has 1 aromatic heterocycles. The molecule has 0 N–H and O–H groups in total. The van der Waals surface area contributed by atoms with Gasteiger partial charge in [0.2, 0.25) is 0 Å². The van der Waals surface area contributed by atoms with Gasteiger partial charge in [-0.2, -0.15) is 0 Å². The average Bonchev–Trinajstić information content (AvgIpc) is 3.66.